The second-order valence-electron chi connectivity index (χ2n) is 11.6. The first-order valence-corrected chi connectivity index (χ1v) is 12.1. The fraction of sp³-hybridized carbons (Fsp3) is 0.382. The molecule has 0 spiro atoms. The molecule has 3 aromatic rings. The molecule has 0 fully saturated rings. The van der Waals surface area contributed by atoms with Gasteiger partial charge in [-0.15, -0.1) is 0 Å². The van der Waals surface area contributed by atoms with Crippen LogP contribution in [0.1, 0.15) is 78.0 Å². The van der Waals surface area contributed by atoms with E-state index in [0.29, 0.717) is 17.6 Å². The van der Waals surface area contributed by atoms with Crippen LogP contribution < -0.4 is 0 Å². The van der Waals surface area contributed by atoms with E-state index in [9.17, 15) is 5.11 Å². The van der Waals surface area contributed by atoms with Crippen LogP contribution in [0.2, 0.25) is 0 Å². The summed E-state index contributed by atoms with van der Waals surface area (Å²) in [5.74, 6) is 1.54. The summed E-state index contributed by atoms with van der Waals surface area (Å²) in [5.41, 5.74) is 8.97. The SMILES string of the molecule is CC(C)CC1(CC(C)C)c2ccccc2-c2ccc(-c3cc(C(C)(C)C)ccc3O)cc21.[CH3-].[CH3-].[CH3-].[Ti+3]. The van der Waals surface area contributed by atoms with E-state index >= 15 is 0 Å². The number of hydrogen-bond acceptors (Lipinski definition) is 1. The van der Waals surface area contributed by atoms with Gasteiger partial charge in [-0.3, -0.25) is 0 Å². The van der Waals surface area contributed by atoms with E-state index in [2.05, 4.69) is 97.0 Å². The minimum atomic E-state index is 0. The quantitative estimate of drug-likeness (QED) is 0.263. The first-order valence-electron chi connectivity index (χ1n) is 12.1. The van der Waals surface area contributed by atoms with Gasteiger partial charge in [0.25, 0.3) is 0 Å². The van der Waals surface area contributed by atoms with Gasteiger partial charge in [0.15, 0.2) is 0 Å². The van der Waals surface area contributed by atoms with Gasteiger partial charge in [0.2, 0.25) is 0 Å². The second-order valence-corrected chi connectivity index (χ2v) is 11.6. The Labute approximate surface area is 237 Å². The van der Waals surface area contributed by atoms with Crippen LogP contribution in [-0.2, 0) is 32.5 Å². The van der Waals surface area contributed by atoms with E-state index < -0.39 is 0 Å². The van der Waals surface area contributed by atoms with Gasteiger partial charge in [0.1, 0.15) is 5.75 Å². The van der Waals surface area contributed by atoms with Crippen molar-refractivity contribution in [2.24, 2.45) is 11.8 Å². The van der Waals surface area contributed by atoms with Gasteiger partial charge in [-0.25, -0.2) is 0 Å². The van der Waals surface area contributed by atoms with Gasteiger partial charge in [-0.05, 0) is 81.7 Å². The normalized spacial score (nSPS) is 13.0. The Bertz CT molecular complexity index is 1120. The van der Waals surface area contributed by atoms with Crippen molar-refractivity contribution in [3.8, 4) is 28.0 Å². The van der Waals surface area contributed by atoms with Crippen molar-refractivity contribution in [3.63, 3.8) is 0 Å². The predicted octanol–water partition coefficient (Wildman–Crippen LogP) is 10.1. The Balaban J connectivity index is 0.00000306. The van der Waals surface area contributed by atoms with Crippen LogP contribution >= 0.6 is 0 Å². The average Bonchev–Trinajstić information content (AvgIpc) is 2.96. The Morgan fingerprint density at radius 1 is 0.694 bits per heavy atom. The standard InChI is InChI=1S/C31H38O.3CH3.Ti/c1-20(2)18-31(19-21(3)4)27-11-9-8-10-24(27)25-14-12-22(16-28(25)31)26-17-23(30(5,6)7)13-15-29(26)32;;;;/h8-17,20-21,32H,18-19H2,1-7H3;3*1H3;/q;3*-1;+3. The maximum atomic E-state index is 10.8. The Morgan fingerprint density at radius 2 is 1.25 bits per heavy atom. The molecule has 0 atom stereocenters. The Kier molecular flexibility index (Phi) is 12.0. The molecule has 3 aromatic carbocycles. The van der Waals surface area contributed by atoms with Crippen LogP contribution in [0.3, 0.4) is 0 Å². The van der Waals surface area contributed by atoms with E-state index in [-0.39, 0.29) is 54.8 Å². The summed E-state index contributed by atoms with van der Waals surface area (Å²) >= 11 is 0. The van der Waals surface area contributed by atoms with Crippen LogP contribution in [0.15, 0.2) is 60.7 Å². The summed E-state index contributed by atoms with van der Waals surface area (Å²) in [5, 5.41) is 10.8. The summed E-state index contributed by atoms with van der Waals surface area (Å²) < 4.78 is 0. The molecule has 4 rings (SSSR count). The molecule has 1 radical (unpaired) electrons. The number of fused-ring (bicyclic) bond motifs is 3. The third kappa shape index (κ3) is 6.17. The molecule has 1 N–H and O–H groups in total. The minimum Gasteiger partial charge on any atom is -0.507 e. The average molecular weight is 520 g/mol. The largest absolute Gasteiger partial charge is 3.00 e. The fourth-order valence-corrected chi connectivity index (χ4v) is 5.77. The van der Waals surface area contributed by atoms with Gasteiger partial charge in [0, 0.05) is 11.0 Å². The molecule has 0 saturated carbocycles. The van der Waals surface area contributed by atoms with Crippen molar-refractivity contribution in [2.75, 3.05) is 0 Å². The van der Waals surface area contributed by atoms with Gasteiger partial charge < -0.3 is 27.4 Å². The van der Waals surface area contributed by atoms with Crippen molar-refractivity contribution < 1.29 is 26.8 Å². The first-order chi connectivity index (χ1) is 15.0. The molecule has 0 amide bonds. The summed E-state index contributed by atoms with van der Waals surface area (Å²) in [4.78, 5) is 0. The summed E-state index contributed by atoms with van der Waals surface area (Å²) in [6, 6.07) is 21.9. The summed E-state index contributed by atoms with van der Waals surface area (Å²) in [7, 11) is 0. The van der Waals surface area contributed by atoms with Crippen LogP contribution in [0.5, 0.6) is 5.75 Å². The van der Waals surface area contributed by atoms with Crippen molar-refractivity contribution in [1.29, 1.82) is 0 Å². The molecule has 36 heavy (non-hydrogen) atoms. The molecule has 1 aliphatic rings. The second kappa shape index (κ2) is 12.6. The number of phenols is 1. The van der Waals surface area contributed by atoms with Crippen LogP contribution in [-0.4, -0.2) is 5.11 Å². The number of rotatable bonds is 5. The molecule has 0 bridgehead atoms. The fourth-order valence-electron chi connectivity index (χ4n) is 5.77. The predicted molar refractivity (Wildman–Crippen MR) is 157 cm³/mol. The number of aromatic hydroxyl groups is 1. The Morgan fingerprint density at radius 3 is 1.81 bits per heavy atom. The molecule has 1 nitrogen and oxygen atoms in total. The number of hydrogen-bond donors (Lipinski definition) is 1. The zero-order chi connectivity index (χ0) is 23.3. The van der Waals surface area contributed by atoms with Crippen LogP contribution in [0.25, 0.3) is 22.3 Å². The van der Waals surface area contributed by atoms with E-state index in [4.69, 9.17) is 0 Å². The maximum Gasteiger partial charge on any atom is 3.00 e. The van der Waals surface area contributed by atoms with E-state index in [1.165, 1.54) is 27.8 Å². The minimum absolute atomic E-state index is 0. The van der Waals surface area contributed by atoms with Crippen LogP contribution in [0, 0.1) is 34.1 Å². The van der Waals surface area contributed by atoms with Crippen LogP contribution in [0.4, 0.5) is 0 Å². The van der Waals surface area contributed by atoms with E-state index in [0.717, 1.165) is 24.0 Å². The molecule has 0 saturated heterocycles. The smallest absolute Gasteiger partial charge is 0.507 e. The number of phenolic OH excluding ortho intramolecular Hbond substituents is 1. The maximum absolute atomic E-state index is 10.8. The molecule has 0 aliphatic heterocycles. The number of benzene rings is 3. The topological polar surface area (TPSA) is 20.2 Å². The first kappa shape index (κ1) is 34.2. The van der Waals surface area contributed by atoms with Gasteiger partial charge in [0.05, 0.1) is 0 Å². The van der Waals surface area contributed by atoms with Gasteiger partial charge >= 0.3 is 21.7 Å². The van der Waals surface area contributed by atoms with E-state index in [1.807, 2.05) is 12.1 Å². The molecule has 0 aromatic heterocycles. The van der Waals surface area contributed by atoms with E-state index in [1.54, 1.807) is 0 Å². The summed E-state index contributed by atoms with van der Waals surface area (Å²) in [6.45, 7) is 16.0. The molecular formula is C34H47OTi. The van der Waals surface area contributed by atoms with Crippen molar-refractivity contribution in [2.45, 2.75) is 72.1 Å². The van der Waals surface area contributed by atoms with Crippen molar-refractivity contribution >= 4 is 0 Å². The van der Waals surface area contributed by atoms with Gasteiger partial charge in [-0.2, -0.15) is 0 Å². The zero-order valence-electron chi connectivity index (χ0n) is 24.3. The van der Waals surface area contributed by atoms with Crippen molar-refractivity contribution in [3.05, 3.63) is 99.6 Å². The molecule has 1 aliphatic carbocycles. The zero-order valence-corrected chi connectivity index (χ0v) is 25.9. The molecule has 0 unspecified atom stereocenters. The third-order valence-corrected chi connectivity index (χ3v) is 6.95. The third-order valence-electron chi connectivity index (χ3n) is 6.95. The monoisotopic (exact) mass is 519 g/mol. The van der Waals surface area contributed by atoms with Gasteiger partial charge in [-0.1, -0.05) is 90.9 Å². The summed E-state index contributed by atoms with van der Waals surface area (Å²) in [6.07, 6.45) is 2.26. The Hall–Kier alpha value is -1.83. The molecule has 2 heteroatoms. The van der Waals surface area contributed by atoms with Crippen molar-refractivity contribution in [1.82, 2.24) is 0 Å². The molecule has 193 valence electrons. The molecular weight excluding hydrogens is 472 g/mol. The molecule has 0 heterocycles.